The van der Waals surface area contributed by atoms with Crippen LogP contribution < -0.4 is 4.90 Å². The maximum Gasteiger partial charge on any atom is 0.237 e. The second kappa shape index (κ2) is 7.21. The monoisotopic (exact) mass is 384 g/mol. The molecule has 0 fully saturated rings. The zero-order valence-electron chi connectivity index (χ0n) is 15.4. The van der Waals surface area contributed by atoms with Crippen LogP contribution in [0.15, 0.2) is 83.8 Å². The molecule has 0 aliphatic carbocycles. The number of fused-ring (bicyclic) bond motifs is 2. The van der Waals surface area contributed by atoms with E-state index in [1.807, 2.05) is 53.4 Å². The molecule has 4 aromatic rings. The molecule has 1 aliphatic heterocycles. The molecule has 1 amide bonds. The molecule has 1 N–H and O–H groups in total. The average molecular weight is 385 g/mol. The number of benzene rings is 3. The summed E-state index contributed by atoms with van der Waals surface area (Å²) >= 11 is 1.63. The predicted molar refractivity (Wildman–Crippen MR) is 117 cm³/mol. The standard InChI is InChI=1S/C24H20N2OS/c27-22(26-15-14-17-8-4-7-13-21(17)26)16-28-24-19-11-5-6-12-20(19)25-23(24)18-9-2-1-3-10-18/h1-13,25H,14-16H2. The van der Waals surface area contributed by atoms with Crippen molar-refractivity contribution < 1.29 is 4.79 Å². The Morgan fingerprint density at radius 1 is 0.929 bits per heavy atom. The van der Waals surface area contributed by atoms with Crippen LogP contribution >= 0.6 is 11.8 Å². The van der Waals surface area contributed by atoms with E-state index in [9.17, 15) is 4.79 Å². The predicted octanol–water partition coefficient (Wildman–Crippen LogP) is 5.52. The third kappa shape index (κ3) is 3.00. The molecule has 28 heavy (non-hydrogen) atoms. The van der Waals surface area contributed by atoms with Gasteiger partial charge < -0.3 is 9.88 Å². The molecule has 0 saturated heterocycles. The Labute approximate surface area is 168 Å². The number of H-pyrrole nitrogens is 1. The van der Waals surface area contributed by atoms with Crippen molar-refractivity contribution in [1.82, 2.24) is 4.98 Å². The van der Waals surface area contributed by atoms with Crippen LogP contribution in [0, 0.1) is 0 Å². The lowest BCUT2D eigenvalue weighted by molar-refractivity contribution is -0.116. The second-order valence-corrected chi connectivity index (χ2v) is 7.94. The molecule has 3 aromatic carbocycles. The van der Waals surface area contributed by atoms with Crippen LogP contribution in [-0.2, 0) is 11.2 Å². The summed E-state index contributed by atoms with van der Waals surface area (Å²) in [7, 11) is 0. The van der Waals surface area contributed by atoms with Gasteiger partial charge in [0.1, 0.15) is 0 Å². The third-order valence-corrected chi connectivity index (χ3v) is 6.35. The first kappa shape index (κ1) is 17.1. The Kier molecular flexibility index (Phi) is 4.41. The highest BCUT2D eigenvalue weighted by Crippen LogP contribution is 2.38. The molecule has 0 atom stereocenters. The number of hydrogen-bond acceptors (Lipinski definition) is 2. The SMILES string of the molecule is O=C(CSc1c(-c2ccccc2)[nH]c2ccccc12)N1CCc2ccccc21. The van der Waals surface area contributed by atoms with E-state index in [4.69, 9.17) is 0 Å². The van der Waals surface area contributed by atoms with Gasteiger partial charge in [0, 0.05) is 28.0 Å². The van der Waals surface area contributed by atoms with Crippen molar-refractivity contribution >= 4 is 34.3 Å². The van der Waals surface area contributed by atoms with Gasteiger partial charge in [-0.25, -0.2) is 0 Å². The van der Waals surface area contributed by atoms with Crippen LogP contribution in [-0.4, -0.2) is 23.2 Å². The number of rotatable bonds is 4. The molecule has 1 aliphatic rings. The van der Waals surface area contributed by atoms with E-state index in [1.165, 1.54) is 10.9 Å². The van der Waals surface area contributed by atoms with Gasteiger partial charge in [0.05, 0.1) is 11.4 Å². The normalized spacial score (nSPS) is 13.1. The third-order valence-electron chi connectivity index (χ3n) is 5.25. The van der Waals surface area contributed by atoms with Crippen LogP contribution in [0.3, 0.4) is 0 Å². The van der Waals surface area contributed by atoms with Gasteiger partial charge in [-0.15, -0.1) is 11.8 Å². The lowest BCUT2D eigenvalue weighted by Gasteiger charge is -2.17. The summed E-state index contributed by atoms with van der Waals surface area (Å²) in [6.45, 7) is 0.776. The van der Waals surface area contributed by atoms with Crippen molar-refractivity contribution in [2.45, 2.75) is 11.3 Å². The topological polar surface area (TPSA) is 36.1 Å². The van der Waals surface area contributed by atoms with Gasteiger partial charge in [-0.05, 0) is 29.7 Å². The fourth-order valence-electron chi connectivity index (χ4n) is 3.88. The molecule has 138 valence electrons. The molecule has 2 heterocycles. The van der Waals surface area contributed by atoms with Gasteiger partial charge in [-0.2, -0.15) is 0 Å². The van der Waals surface area contributed by atoms with Crippen molar-refractivity contribution in [3.8, 4) is 11.3 Å². The average Bonchev–Trinajstić information content (AvgIpc) is 3.34. The minimum atomic E-state index is 0.166. The van der Waals surface area contributed by atoms with Gasteiger partial charge in [-0.3, -0.25) is 4.79 Å². The number of carbonyl (C=O) groups is 1. The van der Waals surface area contributed by atoms with Gasteiger partial charge in [0.15, 0.2) is 0 Å². The highest BCUT2D eigenvalue weighted by Gasteiger charge is 2.24. The Balaban J connectivity index is 1.45. The Morgan fingerprint density at radius 2 is 1.68 bits per heavy atom. The van der Waals surface area contributed by atoms with E-state index in [2.05, 4.69) is 35.3 Å². The lowest BCUT2D eigenvalue weighted by Crippen LogP contribution is -2.30. The summed E-state index contributed by atoms with van der Waals surface area (Å²) in [5.41, 5.74) is 5.65. The number of para-hydroxylation sites is 2. The fourth-order valence-corrected chi connectivity index (χ4v) is 4.95. The Bertz CT molecular complexity index is 1150. The smallest absolute Gasteiger partial charge is 0.237 e. The van der Waals surface area contributed by atoms with Crippen LogP contribution in [0.5, 0.6) is 0 Å². The first-order valence-electron chi connectivity index (χ1n) is 9.48. The summed E-state index contributed by atoms with van der Waals surface area (Å²) < 4.78 is 0. The van der Waals surface area contributed by atoms with E-state index >= 15 is 0 Å². The fraction of sp³-hybridized carbons (Fsp3) is 0.125. The summed E-state index contributed by atoms with van der Waals surface area (Å²) in [5.74, 6) is 0.593. The number of carbonyl (C=O) groups excluding carboxylic acids is 1. The van der Waals surface area contributed by atoms with Crippen molar-refractivity contribution in [1.29, 1.82) is 0 Å². The van der Waals surface area contributed by atoms with E-state index in [-0.39, 0.29) is 5.91 Å². The number of nitrogens with one attached hydrogen (secondary N) is 1. The van der Waals surface area contributed by atoms with Crippen LogP contribution in [0.2, 0.25) is 0 Å². The molecule has 0 unspecified atom stereocenters. The number of amides is 1. The van der Waals surface area contributed by atoms with Crippen LogP contribution in [0.1, 0.15) is 5.56 Å². The summed E-state index contributed by atoms with van der Waals surface area (Å²) in [6.07, 6.45) is 0.939. The van der Waals surface area contributed by atoms with Crippen molar-refractivity contribution in [3.63, 3.8) is 0 Å². The number of aromatic nitrogens is 1. The van der Waals surface area contributed by atoms with Gasteiger partial charge in [0.25, 0.3) is 0 Å². The van der Waals surface area contributed by atoms with E-state index in [0.29, 0.717) is 5.75 Å². The minimum absolute atomic E-state index is 0.166. The molecular weight excluding hydrogens is 364 g/mol. The quantitative estimate of drug-likeness (QED) is 0.471. The molecule has 1 aromatic heterocycles. The Morgan fingerprint density at radius 3 is 2.57 bits per heavy atom. The maximum atomic E-state index is 13.0. The van der Waals surface area contributed by atoms with E-state index < -0.39 is 0 Å². The molecule has 4 heteroatoms. The first-order chi connectivity index (χ1) is 13.8. The molecule has 5 rings (SSSR count). The van der Waals surface area contributed by atoms with Crippen LogP contribution in [0.4, 0.5) is 5.69 Å². The van der Waals surface area contributed by atoms with Crippen molar-refractivity contribution in [2.24, 2.45) is 0 Å². The second-order valence-electron chi connectivity index (χ2n) is 6.95. The minimum Gasteiger partial charge on any atom is -0.354 e. The zero-order valence-corrected chi connectivity index (χ0v) is 16.2. The number of hydrogen-bond donors (Lipinski definition) is 1. The summed E-state index contributed by atoms with van der Waals surface area (Å²) in [5, 5.41) is 1.17. The zero-order chi connectivity index (χ0) is 18.9. The summed E-state index contributed by atoms with van der Waals surface area (Å²) in [4.78, 5) is 19.6. The molecular formula is C24H20N2OS. The van der Waals surface area contributed by atoms with Crippen LogP contribution in [0.25, 0.3) is 22.2 Å². The molecule has 0 bridgehead atoms. The first-order valence-corrected chi connectivity index (χ1v) is 10.5. The van der Waals surface area contributed by atoms with Gasteiger partial charge >= 0.3 is 0 Å². The van der Waals surface area contributed by atoms with Crippen molar-refractivity contribution in [2.75, 3.05) is 17.2 Å². The number of aromatic amines is 1. The number of anilines is 1. The van der Waals surface area contributed by atoms with Gasteiger partial charge in [0.2, 0.25) is 5.91 Å². The molecule has 3 nitrogen and oxygen atoms in total. The summed E-state index contributed by atoms with van der Waals surface area (Å²) in [6, 6.07) is 26.8. The largest absolute Gasteiger partial charge is 0.354 e. The molecule has 0 radical (unpaired) electrons. The van der Waals surface area contributed by atoms with E-state index in [1.54, 1.807) is 11.8 Å². The molecule has 0 spiro atoms. The highest BCUT2D eigenvalue weighted by atomic mass is 32.2. The number of nitrogens with zero attached hydrogens (tertiary/aromatic N) is 1. The van der Waals surface area contributed by atoms with E-state index in [0.717, 1.165) is 40.3 Å². The Hall–Kier alpha value is -2.98. The lowest BCUT2D eigenvalue weighted by atomic mass is 10.1. The van der Waals surface area contributed by atoms with Gasteiger partial charge in [-0.1, -0.05) is 66.7 Å². The molecule has 0 saturated carbocycles. The highest BCUT2D eigenvalue weighted by molar-refractivity contribution is 8.00. The van der Waals surface area contributed by atoms with Crippen molar-refractivity contribution in [3.05, 3.63) is 84.4 Å². The number of thioether (sulfide) groups is 1. The maximum absolute atomic E-state index is 13.0.